The number of anilines is 1. The molecule has 0 bridgehead atoms. The number of hydrogen-bond acceptors (Lipinski definition) is 3. The molecule has 1 amide bonds. The first-order valence-corrected chi connectivity index (χ1v) is 7.94. The number of carbonyl (C=O) groups excluding carboxylic acids is 1. The third kappa shape index (κ3) is 3.15. The van der Waals surface area contributed by atoms with Crippen LogP contribution in [0.3, 0.4) is 0 Å². The van der Waals surface area contributed by atoms with Gasteiger partial charge >= 0.3 is 0 Å². The number of benzene rings is 1. The molecule has 5 heteroatoms. The van der Waals surface area contributed by atoms with Gasteiger partial charge in [0, 0.05) is 0 Å². The average molecular weight is 341 g/mol. The van der Waals surface area contributed by atoms with Crippen LogP contribution >= 0.6 is 27.3 Å². The Morgan fingerprint density at radius 1 is 1.37 bits per heavy atom. The molecular formula is C14H17BrN2OS. The molecule has 0 spiro atoms. The van der Waals surface area contributed by atoms with Crippen molar-refractivity contribution in [3.63, 3.8) is 0 Å². The highest BCUT2D eigenvalue weighted by atomic mass is 79.9. The lowest BCUT2D eigenvalue weighted by Gasteiger charge is -2.11. The normalized spacial score (nSPS) is 12.9. The van der Waals surface area contributed by atoms with E-state index in [1.165, 1.54) is 16.9 Å². The van der Waals surface area contributed by atoms with E-state index in [0.717, 1.165) is 15.8 Å². The van der Waals surface area contributed by atoms with E-state index in [2.05, 4.69) is 45.3 Å². The third-order valence-electron chi connectivity index (χ3n) is 2.90. The molecule has 0 aliphatic heterocycles. The van der Waals surface area contributed by atoms with Crippen LogP contribution in [0.25, 0.3) is 10.2 Å². The van der Waals surface area contributed by atoms with Crippen LogP contribution in [0.4, 0.5) is 5.13 Å². The molecule has 1 N–H and O–H groups in total. The Labute approximate surface area is 125 Å². The average Bonchev–Trinajstić information content (AvgIpc) is 2.70. The Kier molecular flexibility index (Phi) is 4.26. The van der Waals surface area contributed by atoms with Crippen molar-refractivity contribution in [3.05, 3.63) is 23.3 Å². The molecule has 1 heterocycles. The van der Waals surface area contributed by atoms with Gasteiger partial charge in [-0.3, -0.25) is 4.79 Å². The predicted octanol–water partition coefficient (Wildman–Crippen LogP) is 4.27. The first-order chi connectivity index (χ1) is 8.88. The van der Waals surface area contributed by atoms with Gasteiger partial charge in [-0.15, -0.1) is 0 Å². The maximum atomic E-state index is 12.0. The molecule has 0 saturated heterocycles. The molecule has 0 aliphatic carbocycles. The fourth-order valence-corrected chi connectivity index (χ4v) is 3.06. The summed E-state index contributed by atoms with van der Waals surface area (Å²) in [5.41, 5.74) is 3.33. The van der Waals surface area contributed by atoms with Crippen LogP contribution in [0, 0.1) is 19.8 Å². The largest absolute Gasteiger partial charge is 0.301 e. The zero-order valence-electron chi connectivity index (χ0n) is 11.5. The summed E-state index contributed by atoms with van der Waals surface area (Å²) in [5.74, 6) is 0.210. The molecule has 2 rings (SSSR count). The van der Waals surface area contributed by atoms with Gasteiger partial charge in [0.2, 0.25) is 5.91 Å². The van der Waals surface area contributed by atoms with Crippen LogP contribution in [0.15, 0.2) is 12.1 Å². The standard InChI is InChI=1S/C14H17BrN2OS/c1-7(2)11(15)13(18)17-14-16-12-9(4)5-8(3)6-10(12)19-14/h5-7,11H,1-4H3,(H,16,17,18)/t11-/m0/s1. The molecule has 102 valence electrons. The minimum atomic E-state index is -0.192. The lowest BCUT2D eigenvalue weighted by Crippen LogP contribution is -2.26. The van der Waals surface area contributed by atoms with E-state index in [9.17, 15) is 4.79 Å². The van der Waals surface area contributed by atoms with Gasteiger partial charge in [0.15, 0.2) is 5.13 Å². The summed E-state index contributed by atoms with van der Waals surface area (Å²) in [4.78, 5) is 16.3. The summed E-state index contributed by atoms with van der Waals surface area (Å²) in [7, 11) is 0. The van der Waals surface area contributed by atoms with Crippen molar-refractivity contribution < 1.29 is 4.79 Å². The highest BCUT2D eigenvalue weighted by Crippen LogP contribution is 2.29. The minimum Gasteiger partial charge on any atom is -0.301 e. The molecule has 1 atom stereocenters. The van der Waals surface area contributed by atoms with E-state index in [1.54, 1.807) is 0 Å². The maximum Gasteiger partial charge on any atom is 0.240 e. The Morgan fingerprint density at radius 2 is 2.05 bits per heavy atom. The van der Waals surface area contributed by atoms with Gasteiger partial charge in [-0.1, -0.05) is 47.2 Å². The smallest absolute Gasteiger partial charge is 0.240 e. The van der Waals surface area contributed by atoms with E-state index < -0.39 is 0 Å². The summed E-state index contributed by atoms with van der Waals surface area (Å²) in [6, 6.07) is 4.21. The molecule has 0 fully saturated rings. The summed E-state index contributed by atoms with van der Waals surface area (Å²) in [6.07, 6.45) is 0. The van der Waals surface area contributed by atoms with Crippen molar-refractivity contribution >= 4 is 48.5 Å². The number of hydrogen-bond donors (Lipinski definition) is 1. The van der Waals surface area contributed by atoms with Gasteiger partial charge in [-0.2, -0.15) is 0 Å². The molecule has 1 aromatic carbocycles. The highest BCUT2D eigenvalue weighted by Gasteiger charge is 2.20. The van der Waals surface area contributed by atoms with Gasteiger partial charge in [-0.05, 0) is 37.0 Å². The van der Waals surface area contributed by atoms with E-state index >= 15 is 0 Å². The Morgan fingerprint density at radius 3 is 2.68 bits per heavy atom. The first kappa shape index (κ1) is 14.5. The highest BCUT2D eigenvalue weighted by molar-refractivity contribution is 9.10. The number of nitrogens with zero attached hydrogens (tertiary/aromatic N) is 1. The van der Waals surface area contributed by atoms with E-state index in [0.29, 0.717) is 5.13 Å². The zero-order chi connectivity index (χ0) is 14.2. The number of aromatic nitrogens is 1. The van der Waals surface area contributed by atoms with E-state index in [4.69, 9.17) is 0 Å². The van der Waals surface area contributed by atoms with Gasteiger partial charge in [0.25, 0.3) is 0 Å². The Hall–Kier alpha value is -0.940. The van der Waals surface area contributed by atoms with Crippen LogP contribution in [-0.2, 0) is 4.79 Å². The van der Waals surface area contributed by atoms with Crippen LogP contribution in [0.5, 0.6) is 0 Å². The molecule has 2 aromatic rings. The van der Waals surface area contributed by atoms with Crippen molar-refractivity contribution in [1.29, 1.82) is 0 Å². The fraction of sp³-hybridized carbons (Fsp3) is 0.429. The number of rotatable bonds is 3. The molecule has 0 saturated carbocycles. The molecule has 0 radical (unpaired) electrons. The second-order valence-corrected chi connectivity index (χ2v) is 7.10. The number of nitrogens with one attached hydrogen (secondary N) is 1. The van der Waals surface area contributed by atoms with Crippen molar-refractivity contribution in [3.8, 4) is 0 Å². The van der Waals surface area contributed by atoms with E-state index in [1.807, 2.05) is 20.8 Å². The summed E-state index contributed by atoms with van der Waals surface area (Å²) in [6.45, 7) is 8.12. The maximum absolute atomic E-state index is 12.0. The monoisotopic (exact) mass is 340 g/mol. The molecule has 3 nitrogen and oxygen atoms in total. The number of amides is 1. The quantitative estimate of drug-likeness (QED) is 0.847. The van der Waals surface area contributed by atoms with Crippen molar-refractivity contribution in [1.82, 2.24) is 4.98 Å². The fourth-order valence-electron chi connectivity index (χ4n) is 1.90. The number of carbonyl (C=O) groups is 1. The molecule has 0 aliphatic rings. The minimum absolute atomic E-state index is 0.0385. The zero-order valence-corrected chi connectivity index (χ0v) is 13.9. The number of aryl methyl sites for hydroxylation is 2. The summed E-state index contributed by atoms with van der Waals surface area (Å²) < 4.78 is 1.11. The Bertz CT molecular complexity index is 621. The number of alkyl halides is 1. The topological polar surface area (TPSA) is 42.0 Å². The van der Waals surface area contributed by atoms with Crippen LogP contribution in [0.2, 0.25) is 0 Å². The molecule has 19 heavy (non-hydrogen) atoms. The third-order valence-corrected chi connectivity index (χ3v) is 5.29. The summed E-state index contributed by atoms with van der Waals surface area (Å²) in [5, 5.41) is 3.55. The molecular weight excluding hydrogens is 324 g/mol. The predicted molar refractivity (Wildman–Crippen MR) is 85.3 cm³/mol. The summed E-state index contributed by atoms with van der Waals surface area (Å²) >= 11 is 4.92. The Balaban J connectivity index is 2.27. The van der Waals surface area contributed by atoms with Gasteiger partial charge < -0.3 is 5.32 Å². The second kappa shape index (κ2) is 5.59. The first-order valence-electron chi connectivity index (χ1n) is 6.21. The van der Waals surface area contributed by atoms with Crippen LogP contribution < -0.4 is 5.32 Å². The van der Waals surface area contributed by atoms with E-state index in [-0.39, 0.29) is 16.7 Å². The molecule has 0 unspecified atom stereocenters. The van der Waals surface area contributed by atoms with Gasteiger partial charge in [0.05, 0.1) is 15.0 Å². The SMILES string of the molecule is Cc1cc(C)c2nc(NC(=O)[C@@H](Br)C(C)C)sc2c1. The lowest BCUT2D eigenvalue weighted by atomic mass is 10.1. The van der Waals surface area contributed by atoms with Crippen LogP contribution in [0.1, 0.15) is 25.0 Å². The van der Waals surface area contributed by atoms with Crippen molar-refractivity contribution in [2.75, 3.05) is 5.32 Å². The van der Waals surface area contributed by atoms with Crippen molar-refractivity contribution in [2.45, 2.75) is 32.5 Å². The van der Waals surface area contributed by atoms with Crippen molar-refractivity contribution in [2.24, 2.45) is 5.92 Å². The van der Waals surface area contributed by atoms with Gasteiger partial charge in [0.1, 0.15) is 0 Å². The lowest BCUT2D eigenvalue weighted by molar-refractivity contribution is -0.116. The second-order valence-electron chi connectivity index (χ2n) is 5.08. The molecule has 1 aromatic heterocycles. The number of thiazole rings is 1. The number of halogens is 1. The number of fused-ring (bicyclic) bond motifs is 1. The van der Waals surface area contributed by atoms with Gasteiger partial charge in [-0.25, -0.2) is 4.98 Å². The van der Waals surface area contributed by atoms with Crippen LogP contribution in [-0.4, -0.2) is 15.7 Å².